The van der Waals surface area contributed by atoms with E-state index in [1.807, 2.05) is 0 Å². The first-order chi connectivity index (χ1) is 4.95. The van der Waals surface area contributed by atoms with Crippen LogP contribution in [0.2, 0.25) is 0 Å². The molecule has 0 aliphatic rings. The molecule has 0 aliphatic heterocycles. The fourth-order valence-corrected chi connectivity index (χ4v) is 0.470. The molecule has 0 saturated heterocycles. The van der Waals surface area contributed by atoms with E-state index in [1.165, 1.54) is 20.8 Å². The van der Waals surface area contributed by atoms with E-state index in [0.29, 0.717) is 0 Å². The monoisotopic (exact) mass is 162 g/mol. The van der Waals surface area contributed by atoms with Gasteiger partial charge in [-0.05, 0) is 20.8 Å². The summed E-state index contributed by atoms with van der Waals surface area (Å²) >= 11 is 0. The molecule has 62 valence electrons. The molecule has 0 aliphatic carbocycles. The summed E-state index contributed by atoms with van der Waals surface area (Å²) in [6.07, 6.45) is 0. The molecule has 0 unspecified atom stereocenters. The number of hydrogen-bond acceptors (Lipinski definition) is 2. The number of halogens is 2. The van der Waals surface area contributed by atoms with Gasteiger partial charge in [0.25, 0.3) is 0 Å². The summed E-state index contributed by atoms with van der Waals surface area (Å²) in [6.45, 7) is 4.08. The Kier molecular flexibility index (Phi) is 3.78. The highest BCUT2D eigenvalue weighted by molar-refractivity contribution is 6.34. The fraction of sp³-hybridized carbons (Fsp3) is 0.500. The van der Waals surface area contributed by atoms with Gasteiger partial charge in [0.05, 0.1) is 5.76 Å². The number of carbonyl (C=O) groups excluding carboxylic acids is 1. The summed E-state index contributed by atoms with van der Waals surface area (Å²) < 4.78 is 27.1. The van der Waals surface area contributed by atoms with Crippen molar-refractivity contribution in [2.45, 2.75) is 20.8 Å². The largest absolute Gasteiger partial charge is 0.796 e. The van der Waals surface area contributed by atoms with Gasteiger partial charge in [-0.25, -0.2) is 8.63 Å². The molecular weight excluding hydrogens is 153 g/mol. The minimum atomic E-state index is -2.86. The van der Waals surface area contributed by atoms with Crippen LogP contribution in [0.1, 0.15) is 20.8 Å². The standard InChI is InChI=1S/C6H9BF2O2/c1-4(5(2)10)6(3)11-7(8)9/h1-3H3/b6-4-. The molecule has 0 aromatic heterocycles. The molecule has 0 saturated carbocycles. The van der Waals surface area contributed by atoms with Crippen LogP contribution in [0.3, 0.4) is 0 Å². The van der Waals surface area contributed by atoms with Crippen LogP contribution in [0.15, 0.2) is 11.3 Å². The van der Waals surface area contributed by atoms with E-state index in [9.17, 15) is 13.4 Å². The van der Waals surface area contributed by atoms with E-state index >= 15 is 0 Å². The van der Waals surface area contributed by atoms with Gasteiger partial charge in [0.1, 0.15) is 0 Å². The quantitative estimate of drug-likeness (QED) is 0.359. The third kappa shape index (κ3) is 3.75. The maximum absolute atomic E-state index is 11.5. The maximum Gasteiger partial charge on any atom is 0.796 e. The highest BCUT2D eigenvalue weighted by Crippen LogP contribution is 2.08. The Bertz CT molecular complexity index is 189. The van der Waals surface area contributed by atoms with Crippen LogP contribution in [0.25, 0.3) is 0 Å². The molecule has 0 amide bonds. The van der Waals surface area contributed by atoms with E-state index < -0.39 is 7.47 Å². The fourth-order valence-electron chi connectivity index (χ4n) is 0.470. The number of ketones is 1. The van der Waals surface area contributed by atoms with Crippen LogP contribution >= 0.6 is 0 Å². The first-order valence-electron chi connectivity index (χ1n) is 3.08. The zero-order chi connectivity index (χ0) is 9.02. The van der Waals surface area contributed by atoms with Crippen molar-refractivity contribution >= 4 is 13.3 Å². The molecule has 0 atom stereocenters. The van der Waals surface area contributed by atoms with Gasteiger partial charge >= 0.3 is 7.47 Å². The van der Waals surface area contributed by atoms with Crippen molar-refractivity contribution in [3.63, 3.8) is 0 Å². The van der Waals surface area contributed by atoms with Crippen molar-refractivity contribution < 1.29 is 18.1 Å². The predicted molar refractivity (Wildman–Crippen MR) is 38.1 cm³/mol. The Labute approximate surface area is 64.4 Å². The molecular formula is C6H9BF2O2. The van der Waals surface area contributed by atoms with Crippen molar-refractivity contribution in [1.82, 2.24) is 0 Å². The molecule has 0 radical (unpaired) electrons. The molecule has 0 spiro atoms. The molecule has 0 heterocycles. The van der Waals surface area contributed by atoms with E-state index in [-0.39, 0.29) is 17.1 Å². The van der Waals surface area contributed by atoms with Crippen molar-refractivity contribution in [3.8, 4) is 0 Å². The van der Waals surface area contributed by atoms with Crippen molar-refractivity contribution in [2.75, 3.05) is 0 Å². The molecule has 0 aromatic carbocycles. The van der Waals surface area contributed by atoms with Crippen molar-refractivity contribution in [3.05, 3.63) is 11.3 Å². The number of hydrogen-bond donors (Lipinski definition) is 0. The highest BCUT2D eigenvalue weighted by atomic mass is 19.2. The summed E-state index contributed by atoms with van der Waals surface area (Å²) in [5.41, 5.74) is 0.227. The predicted octanol–water partition coefficient (Wildman–Crippen LogP) is 1.81. The van der Waals surface area contributed by atoms with Crippen molar-refractivity contribution in [1.29, 1.82) is 0 Å². The molecule has 0 rings (SSSR count). The van der Waals surface area contributed by atoms with Crippen molar-refractivity contribution in [2.24, 2.45) is 0 Å². The van der Waals surface area contributed by atoms with Crippen LogP contribution in [0.4, 0.5) is 8.63 Å². The first-order valence-corrected chi connectivity index (χ1v) is 3.08. The van der Waals surface area contributed by atoms with Gasteiger partial charge in [0.2, 0.25) is 0 Å². The van der Waals surface area contributed by atoms with Crippen LogP contribution in [0.5, 0.6) is 0 Å². The molecule has 0 aromatic rings. The van der Waals surface area contributed by atoms with Crippen LogP contribution in [0, 0.1) is 0 Å². The topological polar surface area (TPSA) is 26.3 Å². The lowest BCUT2D eigenvalue weighted by atomic mass is 10.2. The average molecular weight is 162 g/mol. The second kappa shape index (κ2) is 4.11. The van der Waals surface area contributed by atoms with Crippen LogP contribution in [-0.2, 0) is 9.45 Å². The molecule has 5 heteroatoms. The number of allylic oxidation sites excluding steroid dienone is 2. The van der Waals surface area contributed by atoms with E-state index in [0.717, 1.165) is 0 Å². The summed E-state index contributed by atoms with van der Waals surface area (Å²) in [7, 11) is -2.86. The van der Waals surface area contributed by atoms with Gasteiger partial charge in [0, 0.05) is 5.57 Å². The second-order valence-electron chi connectivity index (χ2n) is 2.12. The molecule has 0 N–H and O–H groups in total. The van der Waals surface area contributed by atoms with Gasteiger partial charge in [-0.1, -0.05) is 0 Å². The molecule has 0 fully saturated rings. The number of carbonyl (C=O) groups is 1. The van der Waals surface area contributed by atoms with Gasteiger partial charge in [-0.15, -0.1) is 0 Å². The van der Waals surface area contributed by atoms with Gasteiger partial charge in [-0.3, -0.25) is 4.79 Å². The Hall–Kier alpha value is -0.865. The minimum absolute atomic E-state index is 0.0208. The molecule has 11 heavy (non-hydrogen) atoms. The number of rotatable bonds is 3. The zero-order valence-electron chi connectivity index (χ0n) is 6.65. The van der Waals surface area contributed by atoms with Crippen LogP contribution in [-0.4, -0.2) is 13.3 Å². The van der Waals surface area contributed by atoms with Gasteiger partial charge in [0.15, 0.2) is 5.78 Å². The normalized spacial score (nSPS) is 12.1. The third-order valence-corrected chi connectivity index (χ3v) is 1.32. The lowest BCUT2D eigenvalue weighted by Gasteiger charge is -2.04. The van der Waals surface area contributed by atoms with E-state index in [1.54, 1.807) is 0 Å². The van der Waals surface area contributed by atoms with E-state index in [4.69, 9.17) is 0 Å². The summed E-state index contributed by atoms with van der Waals surface area (Å²) in [5, 5.41) is 0. The Morgan fingerprint density at radius 2 is 1.73 bits per heavy atom. The second-order valence-corrected chi connectivity index (χ2v) is 2.12. The summed E-state index contributed by atoms with van der Waals surface area (Å²) in [5.74, 6) is -0.282. The number of Topliss-reactive ketones (excluding diaryl/α,β-unsaturated/α-hetero) is 1. The van der Waals surface area contributed by atoms with Gasteiger partial charge < -0.3 is 4.65 Å². The Balaban J connectivity index is 4.28. The van der Waals surface area contributed by atoms with Gasteiger partial charge in [-0.2, -0.15) is 0 Å². The lowest BCUT2D eigenvalue weighted by molar-refractivity contribution is -0.113. The average Bonchev–Trinajstić information content (AvgIpc) is 1.84. The highest BCUT2D eigenvalue weighted by Gasteiger charge is 2.18. The smallest absolute Gasteiger partial charge is 0.509 e. The van der Waals surface area contributed by atoms with E-state index in [2.05, 4.69) is 4.65 Å². The molecule has 0 bridgehead atoms. The zero-order valence-corrected chi connectivity index (χ0v) is 6.65. The maximum atomic E-state index is 11.5. The Morgan fingerprint density at radius 1 is 1.27 bits per heavy atom. The minimum Gasteiger partial charge on any atom is -0.509 e. The lowest BCUT2D eigenvalue weighted by Crippen LogP contribution is -2.06. The Morgan fingerprint density at radius 3 is 2.00 bits per heavy atom. The third-order valence-electron chi connectivity index (χ3n) is 1.32. The first kappa shape index (κ1) is 10.1. The molecule has 2 nitrogen and oxygen atoms in total. The van der Waals surface area contributed by atoms with Crippen LogP contribution < -0.4 is 0 Å². The summed E-state index contributed by atoms with van der Waals surface area (Å²) in [4.78, 5) is 10.6. The summed E-state index contributed by atoms with van der Waals surface area (Å²) in [6, 6.07) is 0. The SMILES string of the molecule is CC(=O)/C(C)=C(/C)OB(F)F.